The van der Waals surface area contributed by atoms with Crippen molar-refractivity contribution in [1.29, 1.82) is 0 Å². The maximum absolute atomic E-state index is 5.43. The lowest BCUT2D eigenvalue weighted by atomic mass is 10.2. The maximum Gasteiger partial charge on any atom is 0.247 e. The van der Waals surface area contributed by atoms with Gasteiger partial charge in [0.2, 0.25) is 12.3 Å². The number of benzene rings is 1. The molecule has 0 unspecified atom stereocenters. The largest absolute Gasteiger partial charge is 0.423 e. The fraction of sp³-hybridized carbons (Fsp3) is 0.273. The Hall–Kier alpha value is -1.88. The fourth-order valence-electron chi connectivity index (χ4n) is 1.40. The van der Waals surface area contributed by atoms with E-state index in [1.165, 1.54) is 6.39 Å². The minimum Gasteiger partial charge on any atom is -0.423 e. The van der Waals surface area contributed by atoms with E-state index in [0.717, 1.165) is 24.2 Å². The van der Waals surface area contributed by atoms with Crippen molar-refractivity contribution in [3.05, 3.63) is 30.7 Å². The van der Waals surface area contributed by atoms with E-state index in [4.69, 9.17) is 10.2 Å². The summed E-state index contributed by atoms with van der Waals surface area (Å²) in [5.41, 5.74) is 7.37. The highest BCUT2D eigenvalue weighted by Gasteiger charge is 2.03. The van der Waals surface area contributed by atoms with Gasteiger partial charge in [0.1, 0.15) is 0 Å². The van der Waals surface area contributed by atoms with Gasteiger partial charge < -0.3 is 15.5 Å². The van der Waals surface area contributed by atoms with Gasteiger partial charge in [-0.1, -0.05) is 6.07 Å². The van der Waals surface area contributed by atoms with Gasteiger partial charge in [-0.15, -0.1) is 10.2 Å². The molecule has 0 aliphatic heterocycles. The molecule has 0 aliphatic carbocycles. The Morgan fingerprint density at radius 2 is 2.31 bits per heavy atom. The van der Waals surface area contributed by atoms with E-state index >= 15 is 0 Å². The molecule has 5 heteroatoms. The average molecular weight is 218 g/mol. The summed E-state index contributed by atoms with van der Waals surface area (Å²) in [5.74, 6) is 0.530. The summed E-state index contributed by atoms with van der Waals surface area (Å²) in [7, 11) is 0. The summed E-state index contributed by atoms with van der Waals surface area (Å²) in [6.07, 6.45) is 2.27. The highest BCUT2D eigenvalue weighted by molar-refractivity contribution is 5.60. The summed E-state index contributed by atoms with van der Waals surface area (Å²) >= 11 is 0. The Balaban J connectivity index is 2.08. The summed E-state index contributed by atoms with van der Waals surface area (Å²) in [4.78, 5) is 0. The van der Waals surface area contributed by atoms with Gasteiger partial charge >= 0.3 is 0 Å². The van der Waals surface area contributed by atoms with E-state index in [-0.39, 0.29) is 0 Å². The molecule has 0 aliphatic rings. The molecule has 0 fully saturated rings. The Morgan fingerprint density at radius 3 is 3.06 bits per heavy atom. The molecular formula is C11H14N4O. The van der Waals surface area contributed by atoms with Gasteiger partial charge in [0.05, 0.1) is 0 Å². The Kier molecular flexibility index (Phi) is 3.50. The number of hydrogen-bond donors (Lipinski definition) is 2. The summed E-state index contributed by atoms with van der Waals surface area (Å²) in [6, 6.07) is 7.85. The molecular weight excluding hydrogens is 204 g/mol. The van der Waals surface area contributed by atoms with Crippen LogP contribution in [0.4, 0.5) is 5.69 Å². The predicted molar refractivity (Wildman–Crippen MR) is 61.9 cm³/mol. The number of nitrogens with one attached hydrogen (secondary N) is 1. The molecule has 2 aromatic rings. The third-order valence-electron chi connectivity index (χ3n) is 2.18. The predicted octanol–water partition coefficient (Wildman–Crippen LogP) is 1.50. The topological polar surface area (TPSA) is 77.0 Å². The number of hydrogen-bond acceptors (Lipinski definition) is 5. The molecule has 0 saturated carbocycles. The summed E-state index contributed by atoms with van der Waals surface area (Å²) in [5, 5.41) is 10.8. The minimum absolute atomic E-state index is 0.530. The van der Waals surface area contributed by atoms with Crippen LogP contribution < -0.4 is 11.1 Å². The standard InChI is InChI=1S/C11H14N4O/c12-5-2-6-13-10-4-1-3-9(7-10)11-15-14-8-16-11/h1,3-4,7-8,13H,2,5-6,12H2. The Labute approximate surface area is 93.7 Å². The van der Waals surface area contributed by atoms with Crippen LogP contribution in [-0.2, 0) is 0 Å². The van der Waals surface area contributed by atoms with Crippen LogP contribution in [0.2, 0.25) is 0 Å². The lowest BCUT2D eigenvalue weighted by molar-refractivity contribution is 0.568. The molecule has 1 aromatic carbocycles. The first-order valence-electron chi connectivity index (χ1n) is 5.20. The molecule has 0 spiro atoms. The number of aromatic nitrogens is 2. The van der Waals surface area contributed by atoms with Crippen molar-refractivity contribution in [2.24, 2.45) is 5.73 Å². The van der Waals surface area contributed by atoms with Crippen LogP contribution in [0.25, 0.3) is 11.5 Å². The molecule has 16 heavy (non-hydrogen) atoms. The van der Waals surface area contributed by atoms with E-state index in [0.29, 0.717) is 12.4 Å². The van der Waals surface area contributed by atoms with Crippen molar-refractivity contribution in [3.8, 4) is 11.5 Å². The molecule has 0 amide bonds. The maximum atomic E-state index is 5.43. The van der Waals surface area contributed by atoms with Gasteiger partial charge in [0.25, 0.3) is 0 Å². The molecule has 3 N–H and O–H groups in total. The first kappa shape index (κ1) is 10.6. The highest BCUT2D eigenvalue weighted by Crippen LogP contribution is 2.19. The Morgan fingerprint density at radius 1 is 1.38 bits per heavy atom. The number of nitrogens with zero attached hydrogens (tertiary/aromatic N) is 2. The van der Waals surface area contributed by atoms with Crippen molar-refractivity contribution in [3.63, 3.8) is 0 Å². The zero-order valence-electron chi connectivity index (χ0n) is 8.89. The third-order valence-corrected chi connectivity index (χ3v) is 2.18. The molecule has 2 rings (SSSR count). The third kappa shape index (κ3) is 2.58. The number of anilines is 1. The zero-order valence-corrected chi connectivity index (χ0v) is 8.89. The van der Waals surface area contributed by atoms with Crippen LogP contribution in [0, 0.1) is 0 Å². The van der Waals surface area contributed by atoms with E-state index in [1.807, 2.05) is 24.3 Å². The summed E-state index contributed by atoms with van der Waals surface area (Å²) in [6.45, 7) is 1.56. The Bertz CT molecular complexity index is 427. The second-order valence-corrected chi connectivity index (χ2v) is 3.39. The van der Waals surface area contributed by atoms with Crippen LogP contribution in [0.1, 0.15) is 6.42 Å². The molecule has 5 nitrogen and oxygen atoms in total. The van der Waals surface area contributed by atoms with Gasteiger partial charge in [-0.05, 0) is 31.2 Å². The second kappa shape index (κ2) is 5.27. The van der Waals surface area contributed by atoms with Gasteiger partial charge in [-0.2, -0.15) is 0 Å². The van der Waals surface area contributed by atoms with Crippen molar-refractivity contribution >= 4 is 5.69 Å². The van der Waals surface area contributed by atoms with E-state index in [2.05, 4.69) is 15.5 Å². The molecule has 0 radical (unpaired) electrons. The molecule has 0 bridgehead atoms. The first-order chi connectivity index (χ1) is 7.90. The van der Waals surface area contributed by atoms with Gasteiger partial charge in [-0.3, -0.25) is 0 Å². The quantitative estimate of drug-likeness (QED) is 0.743. The van der Waals surface area contributed by atoms with Crippen LogP contribution in [0.15, 0.2) is 35.1 Å². The lowest BCUT2D eigenvalue weighted by Gasteiger charge is -2.05. The highest BCUT2D eigenvalue weighted by atomic mass is 16.4. The molecule has 84 valence electrons. The fourth-order valence-corrected chi connectivity index (χ4v) is 1.40. The summed E-state index contributed by atoms with van der Waals surface area (Å²) < 4.78 is 5.13. The van der Waals surface area contributed by atoms with Crippen molar-refractivity contribution in [1.82, 2.24) is 10.2 Å². The average Bonchev–Trinajstić information content (AvgIpc) is 2.83. The minimum atomic E-state index is 0.530. The molecule has 0 saturated heterocycles. The van der Waals surface area contributed by atoms with Crippen LogP contribution in [-0.4, -0.2) is 23.3 Å². The molecule has 1 heterocycles. The van der Waals surface area contributed by atoms with Crippen molar-refractivity contribution < 1.29 is 4.42 Å². The number of rotatable bonds is 5. The normalized spacial score (nSPS) is 10.3. The first-order valence-corrected chi connectivity index (χ1v) is 5.20. The van der Waals surface area contributed by atoms with Crippen LogP contribution in [0.5, 0.6) is 0 Å². The van der Waals surface area contributed by atoms with E-state index in [9.17, 15) is 0 Å². The molecule has 1 aromatic heterocycles. The van der Waals surface area contributed by atoms with Crippen LogP contribution in [0.3, 0.4) is 0 Å². The molecule has 0 atom stereocenters. The second-order valence-electron chi connectivity index (χ2n) is 3.39. The van der Waals surface area contributed by atoms with Crippen molar-refractivity contribution in [2.75, 3.05) is 18.4 Å². The van der Waals surface area contributed by atoms with Gasteiger partial charge in [0.15, 0.2) is 0 Å². The van der Waals surface area contributed by atoms with Crippen LogP contribution >= 0.6 is 0 Å². The van der Waals surface area contributed by atoms with Crippen molar-refractivity contribution in [2.45, 2.75) is 6.42 Å². The number of nitrogens with two attached hydrogens (primary N) is 1. The zero-order chi connectivity index (χ0) is 11.2. The lowest BCUT2D eigenvalue weighted by Crippen LogP contribution is -2.08. The van der Waals surface area contributed by atoms with Gasteiger partial charge in [-0.25, -0.2) is 0 Å². The smallest absolute Gasteiger partial charge is 0.247 e. The monoisotopic (exact) mass is 218 g/mol. The SMILES string of the molecule is NCCCNc1cccc(-c2nnco2)c1. The van der Waals surface area contributed by atoms with E-state index in [1.54, 1.807) is 0 Å². The van der Waals surface area contributed by atoms with E-state index < -0.39 is 0 Å². The van der Waals surface area contributed by atoms with Gasteiger partial charge in [0, 0.05) is 17.8 Å².